The Hall–Kier alpha value is -3.39. The van der Waals surface area contributed by atoms with Crippen molar-refractivity contribution < 1.29 is 0 Å². The summed E-state index contributed by atoms with van der Waals surface area (Å²) in [5.74, 6) is 5.90. The fourth-order valence-electron chi connectivity index (χ4n) is 3.10. The Morgan fingerprint density at radius 1 is 1.16 bits per heavy atom. The molecule has 4 rings (SSSR count). The molecular formula is C17H16N6O2. The second kappa shape index (κ2) is 5.60. The third kappa shape index (κ3) is 2.31. The summed E-state index contributed by atoms with van der Waals surface area (Å²) < 4.78 is 2.96. The number of aryl methyl sites for hydroxylation is 1. The summed E-state index contributed by atoms with van der Waals surface area (Å²) in [4.78, 5) is 30.8. The molecule has 0 bridgehead atoms. The van der Waals surface area contributed by atoms with Gasteiger partial charge in [0.2, 0.25) is 5.95 Å². The maximum Gasteiger partial charge on any atom is 0.329 e. The zero-order valence-electron chi connectivity index (χ0n) is 13.5. The number of aromatic nitrogens is 4. The summed E-state index contributed by atoms with van der Waals surface area (Å²) in [6.45, 7) is 0.388. The van der Waals surface area contributed by atoms with Crippen molar-refractivity contribution in [1.29, 1.82) is 0 Å². The van der Waals surface area contributed by atoms with E-state index in [0.717, 1.165) is 16.3 Å². The van der Waals surface area contributed by atoms with Crippen LogP contribution in [0.15, 0.2) is 52.1 Å². The summed E-state index contributed by atoms with van der Waals surface area (Å²) >= 11 is 0. The fourth-order valence-corrected chi connectivity index (χ4v) is 3.10. The van der Waals surface area contributed by atoms with E-state index in [9.17, 15) is 9.59 Å². The van der Waals surface area contributed by atoms with Crippen LogP contribution >= 0.6 is 0 Å². The van der Waals surface area contributed by atoms with Crippen LogP contribution in [0.25, 0.3) is 21.9 Å². The molecule has 0 saturated heterocycles. The molecular weight excluding hydrogens is 320 g/mol. The van der Waals surface area contributed by atoms with Crippen LogP contribution in [0.1, 0.15) is 5.56 Å². The standard InChI is InChI=1S/C17H16N6O2/c1-22-14-13(15(24)20-17(22)25)23(16(19-14)21-18)9-11-7-4-6-10-5-2-3-8-12(10)11/h2-8H,9,18H2,1H3,(H,19,21)(H,20,24,25). The molecule has 126 valence electrons. The van der Waals surface area contributed by atoms with Crippen LogP contribution < -0.4 is 22.5 Å². The number of benzene rings is 2. The molecule has 4 N–H and O–H groups in total. The molecule has 0 fully saturated rings. The zero-order valence-corrected chi connectivity index (χ0v) is 13.5. The Labute approximate surface area is 141 Å². The number of nitrogens with one attached hydrogen (secondary N) is 2. The number of imidazole rings is 1. The highest BCUT2D eigenvalue weighted by molar-refractivity contribution is 5.86. The van der Waals surface area contributed by atoms with Gasteiger partial charge in [-0.1, -0.05) is 42.5 Å². The van der Waals surface area contributed by atoms with E-state index in [-0.39, 0.29) is 5.65 Å². The number of rotatable bonds is 3. The molecule has 0 atom stereocenters. The molecule has 0 spiro atoms. The van der Waals surface area contributed by atoms with Crippen LogP contribution in [0.3, 0.4) is 0 Å². The molecule has 0 amide bonds. The van der Waals surface area contributed by atoms with Gasteiger partial charge in [0, 0.05) is 7.05 Å². The van der Waals surface area contributed by atoms with Crippen molar-refractivity contribution in [2.45, 2.75) is 6.54 Å². The van der Waals surface area contributed by atoms with Gasteiger partial charge in [-0.2, -0.15) is 4.98 Å². The van der Waals surface area contributed by atoms with Gasteiger partial charge in [0.05, 0.1) is 6.54 Å². The third-order valence-corrected chi connectivity index (χ3v) is 4.34. The minimum Gasteiger partial charge on any atom is -0.299 e. The summed E-state index contributed by atoms with van der Waals surface area (Å²) in [7, 11) is 1.55. The quantitative estimate of drug-likeness (QED) is 0.380. The first kappa shape index (κ1) is 15.2. The van der Waals surface area contributed by atoms with Crippen molar-refractivity contribution >= 4 is 27.9 Å². The van der Waals surface area contributed by atoms with E-state index in [1.165, 1.54) is 4.57 Å². The Kier molecular flexibility index (Phi) is 3.40. The molecule has 2 aromatic carbocycles. The van der Waals surface area contributed by atoms with E-state index in [1.54, 1.807) is 11.6 Å². The van der Waals surface area contributed by atoms with Gasteiger partial charge < -0.3 is 0 Å². The molecule has 2 aromatic heterocycles. The van der Waals surface area contributed by atoms with Crippen molar-refractivity contribution in [3.8, 4) is 0 Å². The number of H-pyrrole nitrogens is 1. The number of hydrogen-bond donors (Lipinski definition) is 3. The highest BCUT2D eigenvalue weighted by atomic mass is 16.2. The molecule has 4 aromatic rings. The minimum absolute atomic E-state index is 0.280. The monoisotopic (exact) mass is 336 g/mol. The van der Waals surface area contributed by atoms with E-state index in [1.807, 2.05) is 42.5 Å². The predicted molar refractivity (Wildman–Crippen MR) is 96.5 cm³/mol. The highest BCUT2D eigenvalue weighted by Crippen LogP contribution is 2.22. The van der Waals surface area contributed by atoms with E-state index in [2.05, 4.69) is 15.4 Å². The number of nitrogens with two attached hydrogens (primary N) is 1. The predicted octanol–water partition coefficient (Wildman–Crippen LogP) is 0.910. The number of nitrogen functional groups attached to an aromatic ring is 1. The fraction of sp³-hybridized carbons (Fsp3) is 0.118. The summed E-state index contributed by atoms with van der Waals surface area (Å²) in [5.41, 5.74) is 3.09. The topological polar surface area (TPSA) is 111 Å². The number of fused-ring (bicyclic) bond motifs is 2. The molecule has 0 unspecified atom stereocenters. The molecule has 2 heterocycles. The summed E-state index contributed by atoms with van der Waals surface area (Å²) in [6, 6.07) is 14.0. The second-order valence-electron chi connectivity index (χ2n) is 5.79. The van der Waals surface area contributed by atoms with Crippen LogP contribution in [-0.4, -0.2) is 19.1 Å². The van der Waals surface area contributed by atoms with Gasteiger partial charge in [0.15, 0.2) is 11.2 Å². The van der Waals surface area contributed by atoms with Gasteiger partial charge in [-0.3, -0.25) is 24.3 Å². The normalized spacial score (nSPS) is 11.3. The van der Waals surface area contributed by atoms with Gasteiger partial charge in [0.25, 0.3) is 5.56 Å². The molecule has 0 aliphatic heterocycles. The molecule has 0 saturated carbocycles. The molecule has 8 heteroatoms. The second-order valence-corrected chi connectivity index (χ2v) is 5.79. The minimum atomic E-state index is -0.518. The lowest BCUT2D eigenvalue weighted by atomic mass is 10.0. The largest absolute Gasteiger partial charge is 0.329 e. The first-order valence-corrected chi connectivity index (χ1v) is 7.73. The van der Waals surface area contributed by atoms with Crippen molar-refractivity contribution in [1.82, 2.24) is 19.1 Å². The van der Waals surface area contributed by atoms with E-state index < -0.39 is 11.2 Å². The Bertz CT molecular complexity index is 1210. The Morgan fingerprint density at radius 3 is 2.72 bits per heavy atom. The number of hydrogen-bond acceptors (Lipinski definition) is 5. The first-order valence-electron chi connectivity index (χ1n) is 7.73. The van der Waals surface area contributed by atoms with Crippen molar-refractivity contribution in [2.24, 2.45) is 12.9 Å². The first-order chi connectivity index (χ1) is 12.1. The average Bonchev–Trinajstić information content (AvgIpc) is 2.99. The van der Waals surface area contributed by atoms with Gasteiger partial charge in [-0.15, -0.1) is 0 Å². The molecule has 0 aliphatic carbocycles. The smallest absolute Gasteiger partial charge is 0.299 e. The molecule has 0 aliphatic rings. The van der Waals surface area contributed by atoms with E-state index in [0.29, 0.717) is 18.0 Å². The Morgan fingerprint density at radius 2 is 1.92 bits per heavy atom. The summed E-state index contributed by atoms with van der Waals surface area (Å²) in [5, 5.41) is 2.18. The lowest BCUT2D eigenvalue weighted by Gasteiger charge is -2.10. The van der Waals surface area contributed by atoms with E-state index >= 15 is 0 Å². The maximum absolute atomic E-state index is 12.4. The SMILES string of the molecule is Cn1c(=O)[nH]c(=O)c2c1nc(NN)n2Cc1cccc2ccccc12. The van der Waals surface area contributed by atoms with Crippen LogP contribution in [-0.2, 0) is 13.6 Å². The van der Waals surface area contributed by atoms with Crippen LogP contribution in [0.4, 0.5) is 5.95 Å². The van der Waals surface area contributed by atoms with Crippen LogP contribution in [0, 0.1) is 0 Å². The van der Waals surface area contributed by atoms with Gasteiger partial charge in [-0.25, -0.2) is 10.6 Å². The lowest BCUT2D eigenvalue weighted by Crippen LogP contribution is -2.29. The lowest BCUT2D eigenvalue weighted by molar-refractivity contribution is 0.811. The van der Waals surface area contributed by atoms with Gasteiger partial charge in [-0.05, 0) is 16.3 Å². The Balaban J connectivity index is 1.99. The van der Waals surface area contributed by atoms with Crippen LogP contribution in [0.5, 0.6) is 0 Å². The number of hydrazine groups is 1. The van der Waals surface area contributed by atoms with Gasteiger partial charge in [0.1, 0.15) is 0 Å². The van der Waals surface area contributed by atoms with E-state index in [4.69, 9.17) is 5.84 Å². The van der Waals surface area contributed by atoms with Crippen LogP contribution in [0.2, 0.25) is 0 Å². The molecule has 25 heavy (non-hydrogen) atoms. The number of nitrogens with zero attached hydrogens (tertiary/aromatic N) is 3. The molecule has 0 radical (unpaired) electrons. The zero-order chi connectivity index (χ0) is 17.6. The number of anilines is 1. The third-order valence-electron chi connectivity index (χ3n) is 4.34. The summed E-state index contributed by atoms with van der Waals surface area (Å²) in [6.07, 6.45) is 0. The van der Waals surface area contributed by atoms with Gasteiger partial charge >= 0.3 is 5.69 Å². The van der Waals surface area contributed by atoms with Crippen molar-refractivity contribution in [3.63, 3.8) is 0 Å². The highest BCUT2D eigenvalue weighted by Gasteiger charge is 2.17. The van der Waals surface area contributed by atoms with Crippen molar-refractivity contribution in [3.05, 3.63) is 68.9 Å². The number of aromatic amines is 1. The van der Waals surface area contributed by atoms with Crippen molar-refractivity contribution in [2.75, 3.05) is 5.43 Å². The average molecular weight is 336 g/mol. The molecule has 8 nitrogen and oxygen atoms in total. The maximum atomic E-state index is 12.4.